The summed E-state index contributed by atoms with van der Waals surface area (Å²) in [5, 5.41) is 10.2. The van der Waals surface area contributed by atoms with Gasteiger partial charge in [0, 0.05) is 26.8 Å². The van der Waals surface area contributed by atoms with E-state index in [1.165, 1.54) is 0 Å². The molecule has 0 aromatic heterocycles. The van der Waals surface area contributed by atoms with E-state index >= 15 is 0 Å². The molecule has 0 saturated carbocycles. The number of carboxylic acid groups (broad SMARTS) is 1. The van der Waals surface area contributed by atoms with Gasteiger partial charge in [0.1, 0.15) is 0 Å². The molecule has 4 nitrogen and oxygen atoms in total. The van der Waals surface area contributed by atoms with E-state index in [-0.39, 0.29) is 24.9 Å². The topological polar surface area (TPSA) is 52.4 Å². The van der Waals surface area contributed by atoms with E-state index in [4.69, 9.17) is 4.74 Å². The largest absolute Gasteiger partial charge is 1.00 e. The maximum absolute atomic E-state index is 10.2. The van der Waals surface area contributed by atoms with Crippen molar-refractivity contribution in [1.82, 2.24) is 4.90 Å². The molecule has 0 spiro atoms. The zero-order valence-corrected chi connectivity index (χ0v) is 7.58. The molecule has 0 aromatic carbocycles. The summed E-state index contributed by atoms with van der Waals surface area (Å²) in [5.41, 5.74) is 0. The Labute approximate surface area is 84.0 Å². The zero-order chi connectivity index (χ0) is 8.27. The van der Waals surface area contributed by atoms with Crippen molar-refractivity contribution in [2.24, 2.45) is 0 Å². The molecule has 1 fully saturated rings. The van der Waals surface area contributed by atoms with Crippen molar-refractivity contribution in [3.05, 3.63) is 0 Å². The zero-order valence-electron chi connectivity index (χ0n) is 7.58. The third kappa shape index (κ3) is 3.59. The molecule has 0 amide bonds. The summed E-state index contributed by atoms with van der Waals surface area (Å²) in [6.07, 6.45) is 0.889. The van der Waals surface area contributed by atoms with Gasteiger partial charge in [-0.25, -0.2) is 0 Å². The Morgan fingerprint density at radius 1 is 1.75 bits per heavy atom. The summed E-state index contributed by atoms with van der Waals surface area (Å²) in [4.78, 5) is 12.1. The molecule has 2 atom stereocenters. The Morgan fingerprint density at radius 2 is 2.42 bits per heavy atom. The maximum atomic E-state index is 10.2. The van der Waals surface area contributed by atoms with Crippen molar-refractivity contribution in [2.45, 2.75) is 12.5 Å². The van der Waals surface area contributed by atoms with E-state index in [2.05, 4.69) is 0 Å². The number of carboxylic acids is 1. The first-order valence-corrected chi connectivity index (χ1v) is 3.69. The summed E-state index contributed by atoms with van der Waals surface area (Å²) in [5.74, 6) is -0.956. The Bertz CT molecular complexity index is 154. The van der Waals surface area contributed by atoms with Crippen LogP contribution in [-0.2, 0) is 9.53 Å². The van der Waals surface area contributed by atoms with Crippen molar-refractivity contribution in [2.75, 3.05) is 26.8 Å². The predicted octanol–water partition coefficient (Wildman–Crippen LogP) is -4.54. The first-order chi connectivity index (χ1) is 5.25. The SMILES string of the molecule is COCCCN1CC1C(=O)[O-].[Li+]. The number of hydrogen-bond acceptors (Lipinski definition) is 4. The summed E-state index contributed by atoms with van der Waals surface area (Å²) in [6, 6.07) is -0.327. The van der Waals surface area contributed by atoms with Crippen molar-refractivity contribution in [3.63, 3.8) is 0 Å². The van der Waals surface area contributed by atoms with Gasteiger partial charge in [-0.3, -0.25) is 4.90 Å². The quantitative estimate of drug-likeness (QED) is 0.234. The normalized spacial score (nSPS) is 26.1. The van der Waals surface area contributed by atoms with Gasteiger partial charge in [-0.05, 0) is 6.42 Å². The molecule has 1 heterocycles. The predicted molar refractivity (Wildman–Crippen MR) is 36.9 cm³/mol. The first-order valence-electron chi connectivity index (χ1n) is 3.69. The molecule has 12 heavy (non-hydrogen) atoms. The van der Waals surface area contributed by atoms with Crippen LogP contribution in [0.2, 0.25) is 0 Å². The Kier molecular flexibility index (Phi) is 5.60. The van der Waals surface area contributed by atoms with Gasteiger partial charge in [0.05, 0.1) is 12.0 Å². The molecule has 1 aliphatic heterocycles. The van der Waals surface area contributed by atoms with Gasteiger partial charge in [-0.15, -0.1) is 0 Å². The second-order valence-corrected chi connectivity index (χ2v) is 2.68. The van der Waals surface area contributed by atoms with E-state index in [1.807, 2.05) is 4.90 Å². The van der Waals surface area contributed by atoms with Crippen LogP contribution < -0.4 is 24.0 Å². The molecular formula is C7H12LiNO3. The molecule has 0 aliphatic carbocycles. The van der Waals surface area contributed by atoms with Crippen LogP contribution in [0.1, 0.15) is 6.42 Å². The summed E-state index contributed by atoms with van der Waals surface area (Å²) in [6.45, 7) is 2.13. The van der Waals surface area contributed by atoms with Gasteiger partial charge < -0.3 is 14.6 Å². The molecule has 0 aromatic rings. The van der Waals surface area contributed by atoms with Gasteiger partial charge in [-0.1, -0.05) is 0 Å². The smallest absolute Gasteiger partial charge is 0.548 e. The number of carbonyl (C=O) groups is 1. The van der Waals surface area contributed by atoms with Gasteiger partial charge in [0.2, 0.25) is 0 Å². The molecule has 5 heteroatoms. The third-order valence-electron chi connectivity index (χ3n) is 1.78. The average molecular weight is 165 g/mol. The van der Waals surface area contributed by atoms with Crippen molar-refractivity contribution in [3.8, 4) is 0 Å². The molecule has 1 rings (SSSR count). The Morgan fingerprint density at radius 3 is 2.83 bits per heavy atom. The molecule has 0 bridgehead atoms. The van der Waals surface area contributed by atoms with E-state index in [0.29, 0.717) is 13.2 Å². The second kappa shape index (κ2) is 5.60. The monoisotopic (exact) mass is 165 g/mol. The van der Waals surface area contributed by atoms with Crippen LogP contribution in [0.15, 0.2) is 0 Å². The third-order valence-corrected chi connectivity index (χ3v) is 1.78. The fourth-order valence-electron chi connectivity index (χ4n) is 1.06. The molecule has 0 radical (unpaired) electrons. The standard InChI is InChI=1S/C7H13NO3.Li/c1-11-4-2-3-8-5-6(8)7(9)10;/h6H,2-5H2,1H3,(H,9,10);/q;+1/p-1. The first kappa shape index (κ1) is 12.0. The minimum Gasteiger partial charge on any atom is -0.548 e. The molecule has 0 N–H and O–H groups in total. The van der Waals surface area contributed by atoms with Crippen molar-refractivity contribution >= 4 is 5.97 Å². The Balaban J connectivity index is 0.00000121. The number of carbonyl (C=O) groups excluding carboxylic acids is 1. The van der Waals surface area contributed by atoms with Crippen molar-refractivity contribution < 1.29 is 33.5 Å². The summed E-state index contributed by atoms with van der Waals surface area (Å²) >= 11 is 0. The molecule has 1 aliphatic rings. The van der Waals surface area contributed by atoms with E-state index in [0.717, 1.165) is 13.0 Å². The maximum Gasteiger partial charge on any atom is 1.00 e. The van der Waals surface area contributed by atoms with Gasteiger partial charge in [-0.2, -0.15) is 0 Å². The van der Waals surface area contributed by atoms with Crippen molar-refractivity contribution in [1.29, 1.82) is 0 Å². The Hall–Kier alpha value is -0.0126. The number of aliphatic carboxylic acids is 1. The van der Waals surface area contributed by atoms with Crippen LogP contribution in [-0.4, -0.2) is 43.7 Å². The fraction of sp³-hybridized carbons (Fsp3) is 0.857. The number of nitrogens with zero attached hydrogens (tertiary/aromatic N) is 1. The van der Waals surface area contributed by atoms with Gasteiger partial charge in [0.25, 0.3) is 0 Å². The van der Waals surface area contributed by atoms with Crippen LogP contribution in [0.25, 0.3) is 0 Å². The number of rotatable bonds is 5. The second-order valence-electron chi connectivity index (χ2n) is 2.68. The van der Waals surface area contributed by atoms with Crippen LogP contribution in [0.5, 0.6) is 0 Å². The molecule has 2 unspecified atom stereocenters. The van der Waals surface area contributed by atoms with Crippen LogP contribution in [0.4, 0.5) is 0 Å². The van der Waals surface area contributed by atoms with Crippen LogP contribution in [0.3, 0.4) is 0 Å². The van der Waals surface area contributed by atoms with Crippen LogP contribution >= 0.6 is 0 Å². The van der Waals surface area contributed by atoms with Gasteiger partial charge in [0.15, 0.2) is 0 Å². The fourth-order valence-corrected chi connectivity index (χ4v) is 1.06. The number of methoxy groups -OCH3 is 1. The summed E-state index contributed by atoms with van der Waals surface area (Å²) < 4.78 is 4.83. The molecular weight excluding hydrogens is 153 g/mol. The average Bonchev–Trinajstić information content (AvgIpc) is 2.68. The van der Waals surface area contributed by atoms with Gasteiger partial charge >= 0.3 is 18.9 Å². The van der Waals surface area contributed by atoms with E-state index in [9.17, 15) is 9.90 Å². The minimum atomic E-state index is -0.956. The van der Waals surface area contributed by atoms with E-state index in [1.54, 1.807) is 7.11 Å². The van der Waals surface area contributed by atoms with E-state index < -0.39 is 5.97 Å². The minimum absolute atomic E-state index is 0. The summed E-state index contributed by atoms with van der Waals surface area (Å²) in [7, 11) is 1.64. The number of ether oxygens (including phenoxy) is 1. The van der Waals surface area contributed by atoms with Crippen LogP contribution in [0, 0.1) is 0 Å². The number of hydrogen-bond donors (Lipinski definition) is 0. The molecule has 64 valence electrons. The molecule has 1 saturated heterocycles.